The second-order valence-electron chi connectivity index (χ2n) is 4.39. The zero-order valence-electron chi connectivity index (χ0n) is 11.5. The Kier molecular flexibility index (Phi) is 5.97. The van der Waals surface area contributed by atoms with Crippen LogP contribution in [0.2, 0.25) is 0 Å². The Balaban J connectivity index is 2.68. The summed E-state index contributed by atoms with van der Waals surface area (Å²) in [4.78, 5) is 10.5. The predicted octanol–water partition coefficient (Wildman–Crippen LogP) is 1.62. The van der Waals surface area contributed by atoms with Crippen molar-refractivity contribution in [3.05, 3.63) is 24.3 Å². The minimum absolute atomic E-state index is 0.0482. The zero-order chi connectivity index (χ0) is 15.2. The summed E-state index contributed by atoms with van der Waals surface area (Å²) in [5, 5.41) is 8.48. The molecule has 0 aliphatic carbocycles. The van der Waals surface area contributed by atoms with Crippen molar-refractivity contribution in [2.75, 3.05) is 6.61 Å². The molecule has 7 heteroatoms. The van der Waals surface area contributed by atoms with Crippen LogP contribution in [-0.2, 0) is 14.8 Å². The van der Waals surface area contributed by atoms with Crippen molar-refractivity contribution in [2.24, 2.45) is 0 Å². The number of benzene rings is 1. The fourth-order valence-electron chi connectivity index (χ4n) is 1.39. The monoisotopic (exact) mass is 301 g/mol. The Morgan fingerprint density at radius 1 is 1.35 bits per heavy atom. The van der Waals surface area contributed by atoms with Gasteiger partial charge in [0.05, 0.1) is 17.9 Å². The average molecular weight is 301 g/mol. The maximum Gasteiger partial charge on any atom is 0.306 e. The van der Waals surface area contributed by atoms with Gasteiger partial charge in [0.15, 0.2) is 0 Å². The van der Waals surface area contributed by atoms with E-state index in [-0.39, 0.29) is 24.0 Å². The molecule has 1 rings (SSSR count). The topological polar surface area (TPSA) is 92.7 Å². The average Bonchev–Trinajstić information content (AvgIpc) is 2.38. The van der Waals surface area contributed by atoms with Crippen molar-refractivity contribution in [1.29, 1.82) is 0 Å². The molecular weight excluding hydrogens is 282 g/mol. The van der Waals surface area contributed by atoms with Crippen LogP contribution in [0.4, 0.5) is 0 Å². The molecule has 0 saturated heterocycles. The van der Waals surface area contributed by atoms with Crippen LogP contribution in [0.1, 0.15) is 26.7 Å². The Labute approximate surface area is 118 Å². The molecule has 0 aromatic heterocycles. The van der Waals surface area contributed by atoms with Crippen LogP contribution in [0.25, 0.3) is 0 Å². The highest BCUT2D eigenvalue weighted by Gasteiger charge is 2.16. The van der Waals surface area contributed by atoms with Gasteiger partial charge in [-0.1, -0.05) is 6.92 Å². The van der Waals surface area contributed by atoms with Crippen molar-refractivity contribution < 1.29 is 23.1 Å². The highest BCUT2D eigenvalue weighted by Crippen LogP contribution is 2.16. The number of sulfonamides is 1. The third-order valence-corrected chi connectivity index (χ3v) is 4.29. The summed E-state index contributed by atoms with van der Waals surface area (Å²) in [6.45, 7) is 3.74. The van der Waals surface area contributed by atoms with Gasteiger partial charge in [-0.25, -0.2) is 13.1 Å². The van der Waals surface area contributed by atoms with E-state index in [1.807, 2.05) is 6.92 Å². The van der Waals surface area contributed by atoms with Gasteiger partial charge in [-0.05, 0) is 37.6 Å². The fraction of sp³-hybridized carbons (Fsp3) is 0.462. The van der Waals surface area contributed by atoms with Crippen LogP contribution in [0.5, 0.6) is 5.75 Å². The lowest BCUT2D eigenvalue weighted by Crippen LogP contribution is -2.31. The highest BCUT2D eigenvalue weighted by atomic mass is 32.2. The number of hydrogen-bond donors (Lipinski definition) is 2. The second kappa shape index (κ2) is 7.25. The van der Waals surface area contributed by atoms with Crippen LogP contribution in [0.3, 0.4) is 0 Å². The van der Waals surface area contributed by atoms with Crippen LogP contribution in [0.15, 0.2) is 29.2 Å². The third kappa shape index (κ3) is 5.18. The van der Waals surface area contributed by atoms with Gasteiger partial charge < -0.3 is 9.84 Å². The minimum atomic E-state index is -3.52. The van der Waals surface area contributed by atoms with Crippen molar-refractivity contribution in [1.82, 2.24) is 4.72 Å². The lowest BCUT2D eigenvalue weighted by atomic mass is 10.3. The molecule has 0 spiro atoms. The van der Waals surface area contributed by atoms with E-state index in [1.165, 1.54) is 24.3 Å². The SMILES string of the molecule is CCC(C)NS(=O)(=O)c1ccc(OCCC(=O)O)cc1. The zero-order valence-corrected chi connectivity index (χ0v) is 12.3. The van der Waals surface area contributed by atoms with E-state index >= 15 is 0 Å². The number of carbonyl (C=O) groups is 1. The summed E-state index contributed by atoms with van der Waals surface area (Å²) in [6, 6.07) is 5.74. The van der Waals surface area contributed by atoms with Gasteiger partial charge in [0.25, 0.3) is 0 Å². The Morgan fingerprint density at radius 3 is 2.45 bits per heavy atom. The molecular formula is C13H19NO5S. The van der Waals surface area contributed by atoms with Crippen molar-refractivity contribution in [3.8, 4) is 5.75 Å². The van der Waals surface area contributed by atoms with E-state index in [9.17, 15) is 13.2 Å². The Morgan fingerprint density at radius 2 is 1.95 bits per heavy atom. The molecule has 0 amide bonds. The number of rotatable bonds is 8. The number of carboxylic acid groups (broad SMARTS) is 1. The molecule has 1 unspecified atom stereocenters. The van der Waals surface area contributed by atoms with E-state index in [4.69, 9.17) is 9.84 Å². The lowest BCUT2D eigenvalue weighted by Gasteiger charge is -2.12. The Bertz CT molecular complexity index is 538. The van der Waals surface area contributed by atoms with E-state index in [2.05, 4.69) is 4.72 Å². The van der Waals surface area contributed by atoms with Gasteiger partial charge >= 0.3 is 5.97 Å². The van der Waals surface area contributed by atoms with E-state index in [0.29, 0.717) is 12.2 Å². The Hall–Kier alpha value is -1.60. The van der Waals surface area contributed by atoms with Crippen LogP contribution < -0.4 is 9.46 Å². The molecule has 1 aromatic rings. The molecule has 0 bridgehead atoms. The van der Waals surface area contributed by atoms with E-state index in [1.54, 1.807) is 6.92 Å². The number of carboxylic acids is 1. The van der Waals surface area contributed by atoms with Gasteiger partial charge in [0.1, 0.15) is 5.75 Å². The summed E-state index contributed by atoms with van der Waals surface area (Å²) in [5.41, 5.74) is 0. The fourth-order valence-corrected chi connectivity index (χ4v) is 2.71. The van der Waals surface area contributed by atoms with Crippen LogP contribution in [-0.4, -0.2) is 32.1 Å². The summed E-state index contributed by atoms with van der Waals surface area (Å²) >= 11 is 0. The lowest BCUT2D eigenvalue weighted by molar-refractivity contribution is -0.137. The molecule has 20 heavy (non-hydrogen) atoms. The first kappa shape index (κ1) is 16.5. The molecule has 0 aliphatic rings. The van der Waals surface area contributed by atoms with Crippen molar-refractivity contribution in [3.63, 3.8) is 0 Å². The highest BCUT2D eigenvalue weighted by molar-refractivity contribution is 7.89. The maximum atomic E-state index is 12.0. The minimum Gasteiger partial charge on any atom is -0.493 e. The molecule has 0 radical (unpaired) electrons. The van der Waals surface area contributed by atoms with Crippen LogP contribution in [0, 0.1) is 0 Å². The molecule has 0 saturated carbocycles. The summed E-state index contributed by atoms with van der Waals surface area (Å²) < 4.78 is 31.7. The predicted molar refractivity (Wildman–Crippen MR) is 74.3 cm³/mol. The first-order valence-electron chi connectivity index (χ1n) is 6.32. The van der Waals surface area contributed by atoms with E-state index in [0.717, 1.165) is 0 Å². The van der Waals surface area contributed by atoms with Gasteiger partial charge in [-0.3, -0.25) is 4.79 Å². The molecule has 112 valence electrons. The quantitative estimate of drug-likeness (QED) is 0.761. The summed E-state index contributed by atoms with van der Waals surface area (Å²) in [5.74, 6) is -0.504. The number of ether oxygens (including phenoxy) is 1. The smallest absolute Gasteiger partial charge is 0.306 e. The first-order valence-corrected chi connectivity index (χ1v) is 7.80. The summed E-state index contributed by atoms with van der Waals surface area (Å²) in [6.07, 6.45) is 0.602. The van der Waals surface area contributed by atoms with Crippen molar-refractivity contribution in [2.45, 2.75) is 37.6 Å². The molecule has 0 heterocycles. The first-order chi connectivity index (χ1) is 9.35. The van der Waals surface area contributed by atoms with Gasteiger partial charge in [-0.2, -0.15) is 0 Å². The second-order valence-corrected chi connectivity index (χ2v) is 6.11. The molecule has 1 aromatic carbocycles. The number of hydrogen-bond acceptors (Lipinski definition) is 4. The van der Waals surface area contributed by atoms with Gasteiger partial charge in [-0.15, -0.1) is 0 Å². The largest absolute Gasteiger partial charge is 0.493 e. The van der Waals surface area contributed by atoms with Crippen molar-refractivity contribution >= 4 is 16.0 Å². The van der Waals surface area contributed by atoms with E-state index < -0.39 is 16.0 Å². The number of aliphatic carboxylic acids is 1. The molecule has 6 nitrogen and oxygen atoms in total. The molecule has 2 N–H and O–H groups in total. The standard InChI is InChI=1S/C13H19NO5S/c1-3-10(2)14-20(17,18)12-6-4-11(5-7-12)19-9-8-13(15)16/h4-7,10,14H,3,8-9H2,1-2H3,(H,15,16). The summed E-state index contributed by atoms with van der Waals surface area (Å²) in [7, 11) is -3.52. The normalized spacial score (nSPS) is 12.9. The molecule has 0 fully saturated rings. The number of nitrogens with one attached hydrogen (secondary N) is 1. The van der Waals surface area contributed by atoms with Gasteiger partial charge in [0, 0.05) is 6.04 Å². The van der Waals surface area contributed by atoms with Gasteiger partial charge in [0.2, 0.25) is 10.0 Å². The van der Waals surface area contributed by atoms with Crippen LogP contribution >= 0.6 is 0 Å². The maximum absolute atomic E-state index is 12.0. The molecule has 1 atom stereocenters. The molecule has 0 aliphatic heterocycles. The third-order valence-electron chi connectivity index (χ3n) is 2.69.